The number of nitrogens with two attached hydrogens (primary N) is 1. The number of hydrogen-bond acceptors (Lipinski definition) is 5. The molecule has 1 amide bonds. The summed E-state index contributed by atoms with van der Waals surface area (Å²) in [5.41, 5.74) is 5.47. The molecule has 0 aromatic heterocycles. The molecule has 0 aromatic rings. The third kappa shape index (κ3) is 35.5. The third-order valence-corrected chi connectivity index (χ3v) is 9.10. The topological polar surface area (TPSA) is 119 Å². The molecule has 0 aliphatic heterocycles. The highest BCUT2D eigenvalue weighted by Crippen LogP contribution is 2.15. The zero-order valence-electron chi connectivity index (χ0n) is 32.9. The lowest BCUT2D eigenvalue weighted by Crippen LogP contribution is -2.40. The fraction of sp³-hybridized carbons (Fsp3) is 0.750. The van der Waals surface area contributed by atoms with Gasteiger partial charge in [0.1, 0.15) is 12.1 Å². The predicted molar refractivity (Wildman–Crippen MR) is 216 cm³/mol. The molecule has 0 saturated heterocycles. The van der Waals surface area contributed by atoms with Crippen molar-refractivity contribution >= 4 is 17.8 Å². The van der Waals surface area contributed by atoms with Crippen molar-refractivity contribution in [1.29, 1.82) is 0 Å². The Bertz CT molecular complexity index is 942. The van der Waals surface area contributed by atoms with Crippen LogP contribution in [0.5, 0.6) is 0 Å². The summed E-state index contributed by atoms with van der Waals surface area (Å²) in [6.45, 7) is 4.89. The van der Waals surface area contributed by atoms with E-state index in [1.54, 1.807) is 0 Å². The number of aliphatic carboxylic acids is 1. The standard InChI is InChI=1S/C44H78N2O5/c1-3-5-7-9-11-13-15-16-17-19-21-23-28-32-38-43(48)51-40(34-29-25-22-20-18-14-12-10-8-6-4-2)35-30-26-24-27-31-37-42(47)46-41(44(49)50)36-33-39-45/h12,14-16,20,22,29,34,40-41H,3-11,13,17-19,21,23-28,30-33,35-39,45H2,1-2H3,(H,46,47)(H,49,50)/b14-12-,16-15-,22-20-,34-29-. The van der Waals surface area contributed by atoms with Gasteiger partial charge in [-0.3, -0.25) is 9.59 Å². The molecule has 7 heteroatoms. The maximum absolute atomic E-state index is 12.7. The van der Waals surface area contributed by atoms with Gasteiger partial charge in [0.15, 0.2) is 0 Å². The highest BCUT2D eigenvalue weighted by Gasteiger charge is 2.18. The van der Waals surface area contributed by atoms with Crippen LogP contribution >= 0.6 is 0 Å². The van der Waals surface area contributed by atoms with Gasteiger partial charge in [-0.1, -0.05) is 133 Å². The number of ether oxygens (including phenoxy) is 1. The van der Waals surface area contributed by atoms with Gasteiger partial charge in [0.05, 0.1) is 0 Å². The maximum Gasteiger partial charge on any atom is 0.326 e. The van der Waals surface area contributed by atoms with Crippen molar-refractivity contribution < 1.29 is 24.2 Å². The third-order valence-electron chi connectivity index (χ3n) is 9.10. The van der Waals surface area contributed by atoms with Crippen LogP contribution in [0.2, 0.25) is 0 Å². The number of hydrogen-bond donors (Lipinski definition) is 3. The summed E-state index contributed by atoms with van der Waals surface area (Å²) < 4.78 is 5.92. The first-order chi connectivity index (χ1) is 24.9. The van der Waals surface area contributed by atoms with Crippen molar-refractivity contribution in [2.45, 2.75) is 206 Å². The monoisotopic (exact) mass is 715 g/mol. The van der Waals surface area contributed by atoms with Gasteiger partial charge < -0.3 is 20.9 Å². The van der Waals surface area contributed by atoms with Crippen LogP contribution in [0, 0.1) is 0 Å². The molecule has 0 radical (unpaired) electrons. The number of carboxylic acid groups (broad SMARTS) is 1. The Hall–Kier alpha value is -2.67. The van der Waals surface area contributed by atoms with Gasteiger partial charge in [-0.25, -0.2) is 4.79 Å². The van der Waals surface area contributed by atoms with Crippen molar-refractivity contribution in [3.8, 4) is 0 Å². The van der Waals surface area contributed by atoms with Gasteiger partial charge >= 0.3 is 11.9 Å². The number of unbranched alkanes of at least 4 members (excludes halogenated alkanes) is 17. The van der Waals surface area contributed by atoms with Crippen molar-refractivity contribution in [3.63, 3.8) is 0 Å². The minimum absolute atomic E-state index is 0.104. The lowest BCUT2D eigenvalue weighted by atomic mass is 10.1. The highest BCUT2D eigenvalue weighted by molar-refractivity contribution is 5.83. The molecule has 0 aliphatic carbocycles. The van der Waals surface area contributed by atoms with Crippen LogP contribution in [0.3, 0.4) is 0 Å². The van der Waals surface area contributed by atoms with E-state index in [0.29, 0.717) is 32.2 Å². The normalized spacial score (nSPS) is 13.2. The van der Waals surface area contributed by atoms with E-state index < -0.39 is 12.0 Å². The first-order valence-electron chi connectivity index (χ1n) is 21.0. The second kappa shape index (κ2) is 38.6. The molecule has 0 fully saturated rings. The maximum atomic E-state index is 12.7. The van der Waals surface area contributed by atoms with Crippen LogP contribution in [0.15, 0.2) is 48.6 Å². The van der Waals surface area contributed by atoms with Gasteiger partial charge in [-0.2, -0.15) is 0 Å². The molecule has 0 bridgehead atoms. The molecular formula is C44H78N2O5. The minimum atomic E-state index is -1.01. The average molecular weight is 715 g/mol. The van der Waals surface area contributed by atoms with E-state index in [2.05, 4.69) is 67.8 Å². The lowest BCUT2D eigenvalue weighted by molar-refractivity contribution is -0.147. The smallest absolute Gasteiger partial charge is 0.326 e. The van der Waals surface area contributed by atoms with E-state index in [-0.39, 0.29) is 18.0 Å². The summed E-state index contributed by atoms with van der Waals surface area (Å²) in [5.74, 6) is -1.34. The summed E-state index contributed by atoms with van der Waals surface area (Å²) in [6.07, 6.45) is 45.9. The van der Waals surface area contributed by atoms with Gasteiger partial charge in [-0.15, -0.1) is 0 Å². The number of esters is 1. The Kier molecular flexibility index (Phi) is 36.5. The Morgan fingerprint density at radius 2 is 1.08 bits per heavy atom. The van der Waals surface area contributed by atoms with Gasteiger partial charge in [0.25, 0.3) is 0 Å². The molecule has 0 saturated carbocycles. The molecular weight excluding hydrogens is 636 g/mol. The fourth-order valence-electron chi connectivity index (χ4n) is 5.90. The lowest BCUT2D eigenvalue weighted by Gasteiger charge is -2.15. The first-order valence-corrected chi connectivity index (χ1v) is 21.0. The zero-order valence-corrected chi connectivity index (χ0v) is 32.9. The Morgan fingerprint density at radius 3 is 1.71 bits per heavy atom. The number of amides is 1. The van der Waals surface area contributed by atoms with Gasteiger partial charge in [-0.05, 0) is 103 Å². The second-order valence-electron chi connectivity index (χ2n) is 14.0. The van der Waals surface area contributed by atoms with Crippen LogP contribution in [0.4, 0.5) is 0 Å². The van der Waals surface area contributed by atoms with E-state index in [1.165, 1.54) is 70.6 Å². The first kappa shape index (κ1) is 48.3. The molecule has 0 aliphatic rings. The zero-order chi connectivity index (χ0) is 37.5. The molecule has 0 spiro atoms. The molecule has 2 unspecified atom stereocenters. The molecule has 7 nitrogen and oxygen atoms in total. The van der Waals surface area contributed by atoms with Crippen molar-refractivity contribution in [1.82, 2.24) is 5.32 Å². The van der Waals surface area contributed by atoms with E-state index >= 15 is 0 Å². The summed E-state index contributed by atoms with van der Waals surface area (Å²) in [5, 5.41) is 11.9. The summed E-state index contributed by atoms with van der Waals surface area (Å²) in [6, 6.07) is -0.867. The van der Waals surface area contributed by atoms with Crippen molar-refractivity contribution in [3.05, 3.63) is 48.6 Å². The number of nitrogens with one attached hydrogen (secondary N) is 1. The molecule has 2 atom stereocenters. The molecule has 0 rings (SSSR count). The Labute approximate surface area is 313 Å². The van der Waals surface area contributed by atoms with E-state index in [1.807, 2.05) is 0 Å². The molecule has 4 N–H and O–H groups in total. The molecule has 0 heterocycles. The highest BCUT2D eigenvalue weighted by atomic mass is 16.5. The van der Waals surface area contributed by atoms with Crippen LogP contribution in [0.25, 0.3) is 0 Å². The molecule has 51 heavy (non-hydrogen) atoms. The SMILES string of the molecule is CCCCC/C=C\C/C=C\C/C=C\C(CCCCCCCC(=O)NC(CCCN)C(=O)O)OC(=O)CCCCCCC/C=C\CCCCCCC. The summed E-state index contributed by atoms with van der Waals surface area (Å²) in [4.78, 5) is 36.3. The summed E-state index contributed by atoms with van der Waals surface area (Å²) in [7, 11) is 0. The van der Waals surface area contributed by atoms with Crippen LogP contribution in [-0.2, 0) is 19.1 Å². The average Bonchev–Trinajstić information content (AvgIpc) is 3.11. The Balaban J connectivity index is 4.45. The van der Waals surface area contributed by atoms with Crippen molar-refractivity contribution in [2.75, 3.05) is 6.54 Å². The van der Waals surface area contributed by atoms with Crippen LogP contribution in [0.1, 0.15) is 194 Å². The van der Waals surface area contributed by atoms with E-state index in [9.17, 15) is 19.5 Å². The van der Waals surface area contributed by atoms with Gasteiger partial charge in [0, 0.05) is 12.8 Å². The molecule has 294 valence electrons. The Morgan fingerprint density at radius 1 is 0.588 bits per heavy atom. The second-order valence-corrected chi connectivity index (χ2v) is 14.0. The van der Waals surface area contributed by atoms with Crippen LogP contribution < -0.4 is 11.1 Å². The predicted octanol–water partition coefficient (Wildman–Crippen LogP) is 11.6. The van der Waals surface area contributed by atoms with Crippen molar-refractivity contribution in [2.24, 2.45) is 5.73 Å². The van der Waals surface area contributed by atoms with E-state index in [4.69, 9.17) is 10.5 Å². The minimum Gasteiger partial charge on any atom is -0.480 e. The largest absolute Gasteiger partial charge is 0.480 e. The van der Waals surface area contributed by atoms with Crippen LogP contribution in [-0.4, -0.2) is 41.6 Å². The quantitative estimate of drug-likeness (QED) is 0.0335. The van der Waals surface area contributed by atoms with Gasteiger partial charge in [0.2, 0.25) is 5.91 Å². The number of rotatable bonds is 37. The fourth-order valence-corrected chi connectivity index (χ4v) is 5.90. The molecule has 0 aromatic carbocycles. The number of carboxylic acids is 1. The number of carbonyl (C=O) groups is 3. The van der Waals surface area contributed by atoms with E-state index in [0.717, 1.165) is 83.5 Å². The number of allylic oxidation sites excluding steroid dienone is 7. The number of carbonyl (C=O) groups excluding carboxylic acids is 2. The summed E-state index contributed by atoms with van der Waals surface area (Å²) >= 11 is 0.